The summed E-state index contributed by atoms with van der Waals surface area (Å²) in [5.74, 6) is 0.888. The highest BCUT2D eigenvalue weighted by molar-refractivity contribution is 5.35. The zero-order valence-corrected chi connectivity index (χ0v) is 15.4. The molecule has 25 heavy (non-hydrogen) atoms. The van der Waals surface area contributed by atoms with E-state index in [4.69, 9.17) is 0 Å². The summed E-state index contributed by atoms with van der Waals surface area (Å²) >= 11 is 0. The number of benzene rings is 1. The van der Waals surface area contributed by atoms with Crippen molar-refractivity contribution in [2.75, 3.05) is 13.1 Å². The van der Waals surface area contributed by atoms with Crippen molar-refractivity contribution >= 4 is 0 Å². The molecule has 1 aromatic carbocycles. The first-order valence-electron chi connectivity index (χ1n) is 9.14. The zero-order valence-electron chi connectivity index (χ0n) is 15.4. The molecular formula is C19H27N6+. The lowest BCUT2D eigenvalue weighted by Gasteiger charge is -2.29. The minimum Gasteiger partial charge on any atom is -0.322 e. The third-order valence-electron chi connectivity index (χ3n) is 4.89. The lowest BCUT2D eigenvalue weighted by atomic mass is 10.00. The molecule has 6 nitrogen and oxygen atoms in total. The first kappa shape index (κ1) is 17.6. The van der Waals surface area contributed by atoms with Crippen LogP contribution in [0.15, 0.2) is 24.3 Å². The molecule has 1 aliphatic heterocycles. The summed E-state index contributed by atoms with van der Waals surface area (Å²) < 4.78 is 1.94. The van der Waals surface area contributed by atoms with Gasteiger partial charge in [-0.05, 0) is 69.0 Å². The molecule has 3 rings (SSSR count). The van der Waals surface area contributed by atoms with Crippen molar-refractivity contribution in [1.29, 1.82) is 5.26 Å². The number of hydrogen-bond donors (Lipinski definition) is 1. The second-order valence-corrected chi connectivity index (χ2v) is 7.86. The fourth-order valence-electron chi connectivity index (χ4n) is 3.68. The van der Waals surface area contributed by atoms with E-state index in [1.807, 2.05) is 22.9 Å². The molecule has 2 aromatic rings. The van der Waals surface area contributed by atoms with Gasteiger partial charge in [0, 0.05) is 5.56 Å². The number of likely N-dealkylation sites (tertiary alicyclic amines) is 1. The molecule has 0 radical (unpaired) electrons. The Hall–Kier alpha value is -2.26. The topological polar surface area (TPSA) is 71.8 Å². The molecule has 2 heterocycles. The molecule has 0 spiro atoms. The van der Waals surface area contributed by atoms with Gasteiger partial charge in [0.1, 0.15) is 0 Å². The van der Waals surface area contributed by atoms with Crippen LogP contribution < -0.4 is 4.90 Å². The van der Waals surface area contributed by atoms with Crippen LogP contribution in [0, 0.1) is 11.3 Å². The molecule has 0 aliphatic carbocycles. The van der Waals surface area contributed by atoms with Crippen molar-refractivity contribution in [2.45, 2.75) is 58.0 Å². The summed E-state index contributed by atoms with van der Waals surface area (Å²) in [6, 6.07) is 10.2. The monoisotopic (exact) mass is 339 g/mol. The van der Waals surface area contributed by atoms with Crippen molar-refractivity contribution in [1.82, 2.24) is 20.2 Å². The fraction of sp³-hybridized carbons (Fsp3) is 0.579. The number of rotatable bonds is 3. The van der Waals surface area contributed by atoms with Gasteiger partial charge in [0.25, 0.3) is 0 Å². The van der Waals surface area contributed by atoms with Gasteiger partial charge in [-0.25, -0.2) is 4.68 Å². The smallest absolute Gasteiger partial charge is 0.214 e. The second kappa shape index (κ2) is 7.32. The molecule has 132 valence electrons. The molecule has 0 bridgehead atoms. The Balaban J connectivity index is 2.09. The van der Waals surface area contributed by atoms with E-state index in [0.29, 0.717) is 5.56 Å². The van der Waals surface area contributed by atoms with E-state index in [0.717, 1.165) is 24.5 Å². The third kappa shape index (κ3) is 3.88. The van der Waals surface area contributed by atoms with Crippen LogP contribution in [0.5, 0.6) is 0 Å². The zero-order chi connectivity index (χ0) is 17.9. The summed E-state index contributed by atoms with van der Waals surface area (Å²) in [6.45, 7) is 8.57. The maximum atomic E-state index is 9.31. The van der Waals surface area contributed by atoms with Gasteiger partial charge in [-0.1, -0.05) is 12.1 Å². The maximum Gasteiger partial charge on any atom is 0.214 e. The molecule has 1 saturated heterocycles. The second-order valence-electron chi connectivity index (χ2n) is 7.86. The van der Waals surface area contributed by atoms with E-state index in [-0.39, 0.29) is 11.6 Å². The lowest BCUT2D eigenvalue weighted by Crippen LogP contribution is -3.12. The van der Waals surface area contributed by atoms with Gasteiger partial charge >= 0.3 is 0 Å². The van der Waals surface area contributed by atoms with Gasteiger partial charge in [0.05, 0.1) is 30.3 Å². The van der Waals surface area contributed by atoms with Gasteiger partial charge in [-0.3, -0.25) is 0 Å². The van der Waals surface area contributed by atoms with Crippen molar-refractivity contribution in [3.63, 3.8) is 0 Å². The average molecular weight is 339 g/mol. The SMILES string of the molecule is CC(C)(C)n1nnnc1[C@@H](c1cccc(C#N)c1)[NH+]1CCCCCC1. The van der Waals surface area contributed by atoms with Gasteiger partial charge in [-0.15, -0.1) is 5.10 Å². The average Bonchev–Trinajstić information content (AvgIpc) is 2.92. The highest BCUT2D eigenvalue weighted by atomic mass is 15.6. The Labute approximate surface area is 149 Å². The van der Waals surface area contributed by atoms with E-state index >= 15 is 0 Å². The van der Waals surface area contributed by atoms with Crippen LogP contribution in [0.1, 0.15) is 69.4 Å². The standard InChI is InChI=1S/C19H26N6/c1-19(2,3)25-18(21-22-23-25)17(24-11-6-4-5-7-12-24)16-10-8-9-15(13-16)14-20/h8-10,13,17H,4-7,11-12H2,1-3H3/p+1/t17-/m1/s1. The molecule has 1 N–H and O–H groups in total. The Kier molecular flexibility index (Phi) is 5.14. The lowest BCUT2D eigenvalue weighted by molar-refractivity contribution is -0.925. The highest BCUT2D eigenvalue weighted by Crippen LogP contribution is 2.23. The number of aromatic nitrogens is 4. The van der Waals surface area contributed by atoms with Crippen LogP contribution >= 0.6 is 0 Å². The first-order chi connectivity index (χ1) is 12.0. The molecule has 0 saturated carbocycles. The van der Waals surface area contributed by atoms with Crippen molar-refractivity contribution in [2.24, 2.45) is 0 Å². The third-order valence-corrected chi connectivity index (χ3v) is 4.89. The Morgan fingerprint density at radius 1 is 1.16 bits per heavy atom. The molecule has 1 aliphatic rings. The van der Waals surface area contributed by atoms with E-state index in [2.05, 4.69) is 48.4 Å². The number of nitrogens with one attached hydrogen (secondary N) is 1. The van der Waals surface area contributed by atoms with Crippen LogP contribution in [0.2, 0.25) is 0 Å². The highest BCUT2D eigenvalue weighted by Gasteiger charge is 2.34. The number of nitrogens with zero attached hydrogens (tertiary/aromatic N) is 5. The molecule has 0 unspecified atom stereocenters. The van der Waals surface area contributed by atoms with Crippen molar-refractivity contribution in [3.05, 3.63) is 41.2 Å². The van der Waals surface area contributed by atoms with E-state index in [1.54, 1.807) is 0 Å². The largest absolute Gasteiger partial charge is 0.322 e. The summed E-state index contributed by atoms with van der Waals surface area (Å²) in [6.07, 6.45) is 5.03. The molecule has 0 amide bonds. The molecule has 1 aromatic heterocycles. The number of hydrogen-bond acceptors (Lipinski definition) is 4. The fourth-order valence-corrected chi connectivity index (χ4v) is 3.68. The minimum absolute atomic E-state index is 0.0561. The summed E-state index contributed by atoms with van der Waals surface area (Å²) in [5.41, 5.74) is 1.62. The predicted molar refractivity (Wildman–Crippen MR) is 95.0 cm³/mol. The number of quaternary nitrogens is 1. The molecule has 1 fully saturated rings. The minimum atomic E-state index is -0.185. The van der Waals surface area contributed by atoms with Crippen LogP contribution in [0.4, 0.5) is 0 Å². The van der Waals surface area contributed by atoms with Crippen LogP contribution in [-0.4, -0.2) is 33.3 Å². The number of tetrazole rings is 1. The van der Waals surface area contributed by atoms with Crippen LogP contribution in [0.3, 0.4) is 0 Å². The molecule has 6 heteroatoms. The Morgan fingerprint density at radius 2 is 1.88 bits per heavy atom. The Morgan fingerprint density at radius 3 is 2.52 bits per heavy atom. The number of nitriles is 1. The summed E-state index contributed by atoms with van der Waals surface area (Å²) in [5, 5.41) is 22.0. The van der Waals surface area contributed by atoms with Gasteiger partial charge < -0.3 is 4.90 Å². The van der Waals surface area contributed by atoms with E-state index in [1.165, 1.54) is 30.6 Å². The quantitative estimate of drug-likeness (QED) is 0.926. The Bertz CT molecular complexity index is 744. The van der Waals surface area contributed by atoms with Crippen molar-refractivity contribution in [3.8, 4) is 6.07 Å². The first-order valence-corrected chi connectivity index (χ1v) is 9.14. The molecular weight excluding hydrogens is 312 g/mol. The van der Waals surface area contributed by atoms with Crippen molar-refractivity contribution < 1.29 is 4.90 Å². The maximum absolute atomic E-state index is 9.31. The molecule has 1 atom stereocenters. The van der Waals surface area contributed by atoms with Gasteiger partial charge in [0.2, 0.25) is 5.82 Å². The van der Waals surface area contributed by atoms with Crippen LogP contribution in [-0.2, 0) is 5.54 Å². The van der Waals surface area contributed by atoms with Gasteiger partial charge in [0.15, 0.2) is 6.04 Å². The normalized spacial score (nSPS) is 17.7. The van der Waals surface area contributed by atoms with Gasteiger partial charge in [-0.2, -0.15) is 5.26 Å². The van der Waals surface area contributed by atoms with Crippen LogP contribution in [0.25, 0.3) is 0 Å². The summed E-state index contributed by atoms with van der Waals surface area (Å²) in [4.78, 5) is 1.49. The van der Waals surface area contributed by atoms with E-state index in [9.17, 15) is 5.26 Å². The predicted octanol–water partition coefficient (Wildman–Crippen LogP) is 1.85. The van der Waals surface area contributed by atoms with E-state index < -0.39 is 0 Å². The summed E-state index contributed by atoms with van der Waals surface area (Å²) in [7, 11) is 0.